The van der Waals surface area contributed by atoms with Crippen LogP contribution in [0.1, 0.15) is 31.3 Å². The Kier molecular flexibility index (Phi) is 3.53. The summed E-state index contributed by atoms with van der Waals surface area (Å²) in [7, 11) is -1.85. The zero-order valence-electron chi connectivity index (χ0n) is 11.0. The van der Waals surface area contributed by atoms with Crippen LogP contribution >= 0.6 is 0 Å². The molecule has 0 radical (unpaired) electrons. The maximum Gasteiger partial charge on any atom is 0.246 e. The zero-order chi connectivity index (χ0) is 13.5. The molecule has 1 aromatic heterocycles. The molecule has 0 spiro atoms. The van der Waals surface area contributed by atoms with Crippen LogP contribution in [-0.2, 0) is 16.6 Å². The lowest BCUT2D eigenvalue weighted by molar-refractivity contribution is 0.356. The van der Waals surface area contributed by atoms with Gasteiger partial charge in [-0.15, -0.1) is 0 Å². The van der Waals surface area contributed by atoms with Gasteiger partial charge in [-0.3, -0.25) is 0 Å². The highest BCUT2D eigenvalue weighted by molar-refractivity contribution is 7.89. The number of hydrogen-bond donors (Lipinski definition) is 1. The third kappa shape index (κ3) is 2.32. The van der Waals surface area contributed by atoms with Crippen molar-refractivity contribution in [2.45, 2.75) is 44.2 Å². The second-order valence-electron chi connectivity index (χ2n) is 4.94. The molecule has 6 heteroatoms. The second kappa shape index (κ2) is 4.68. The molecule has 1 heterocycles. The van der Waals surface area contributed by atoms with E-state index in [-0.39, 0.29) is 17.5 Å². The third-order valence-electron chi connectivity index (χ3n) is 3.66. The molecular formula is C12H20N2O3S. The van der Waals surface area contributed by atoms with Crippen molar-refractivity contribution in [1.82, 2.24) is 4.31 Å². The van der Waals surface area contributed by atoms with Gasteiger partial charge in [0.05, 0.1) is 6.54 Å². The monoisotopic (exact) mass is 272 g/mol. The summed E-state index contributed by atoms with van der Waals surface area (Å²) >= 11 is 0. The molecule has 0 aromatic carbocycles. The SMILES string of the molecule is Cc1oc(CN)cc1S(=O)(=O)N(C)C(C)C1CC1. The normalized spacial score (nSPS) is 18.3. The van der Waals surface area contributed by atoms with Gasteiger partial charge in [-0.25, -0.2) is 8.42 Å². The summed E-state index contributed by atoms with van der Waals surface area (Å²) in [6, 6.07) is 1.56. The minimum Gasteiger partial charge on any atom is -0.464 e. The molecule has 102 valence electrons. The first-order valence-corrected chi connectivity index (χ1v) is 7.59. The number of rotatable bonds is 5. The first-order valence-electron chi connectivity index (χ1n) is 6.15. The van der Waals surface area contributed by atoms with Crippen molar-refractivity contribution in [2.75, 3.05) is 7.05 Å². The highest BCUT2D eigenvalue weighted by atomic mass is 32.2. The molecule has 2 rings (SSSR count). The zero-order valence-corrected chi connectivity index (χ0v) is 11.8. The molecule has 1 aromatic rings. The van der Waals surface area contributed by atoms with Gasteiger partial charge >= 0.3 is 0 Å². The molecule has 1 fully saturated rings. The van der Waals surface area contributed by atoms with Gasteiger partial charge in [-0.05, 0) is 32.6 Å². The number of furan rings is 1. The van der Waals surface area contributed by atoms with Gasteiger partial charge in [0.25, 0.3) is 0 Å². The molecular weight excluding hydrogens is 252 g/mol. The summed E-state index contributed by atoms with van der Waals surface area (Å²) in [4.78, 5) is 0.234. The van der Waals surface area contributed by atoms with Crippen molar-refractivity contribution in [1.29, 1.82) is 0 Å². The van der Waals surface area contributed by atoms with Crippen LogP contribution in [0, 0.1) is 12.8 Å². The molecule has 1 aliphatic carbocycles. The molecule has 0 amide bonds. The topological polar surface area (TPSA) is 76.5 Å². The van der Waals surface area contributed by atoms with E-state index in [1.54, 1.807) is 14.0 Å². The van der Waals surface area contributed by atoms with Crippen molar-refractivity contribution < 1.29 is 12.8 Å². The van der Waals surface area contributed by atoms with Gasteiger partial charge in [0.15, 0.2) is 0 Å². The summed E-state index contributed by atoms with van der Waals surface area (Å²) in [5.41, 5.74) is 5.47. The molecule has 2 N–H and O–H groups in total. The smallest absolute Gasteiger partial charge is 0.246 e. The summed E-state index contributed by atoms with van der Waals surface area (Å²) in [6.45, 7) is 3.81. The van der Waals surface area contributed by atoms with E-state index in [1.807, 2.05) is 6.92 Å². The van der Waals surface area contributed by atoms with Crippen LogP contribution < -0.4 is 5.73 Å². The number of nitrogens with two attached hydrogens (primary N) is 1. The Bertz CT molecular complexity index is 532. The quantitative estimate of drug-likeness (QED) is 0.880. The Morgan fingerprint density at radius 2 is 2.17 bits per heavy atom. The van der Waals surface area contributed by atoms with Crippen LogP contribution in [0.4, 0.5) is 0 Å². The van der Waals surface area contributed by atoms with Gasteiger partial charge in [-0.2, -0.15) is 4.31 Å². The van der Waals surface area contributed by atoms with Gasteiger partial charge in [0.1, 0.15) is 16.4 Å². The summed E-state index contributed by atoms with van der Waals surface area (Å²) < 4.78 is 31.7. The lowest BCUT2D eigenvalue weighted by Gasteiger charge is -2.23. The second-order valence-corrected chi connectivity index (χ2v) is 6.90. The lowest BCUT2D eigenvalue weighted by atomic mass is 10.2. The molecule has 1 aliphatic rings. The Labute approximate surface area is 108 Å². The fraction of sp³-hybridized carbons (Fsp3) is 0.667. The van der Waals surface area contributed by atoms with Gasteiger partial charge in [0, 0.05) is 19.2 Å². The summed E-state index contributed by atoms with van der Waals surface area (Å²) in [5.74, 6) is 1.40. The van der Waals surface area contributed by atoms with Crippen molar-refractivity contribution in [2.24, 2.45) is 11.7 Å². The maximum atomic E-state index is 12.5. The van der Waals surface area contributed by atoms with Gasteiger partial charge in [-0.1, -0.05) is 0 Å². The average molecular weight is 272 g/mol. The molecule has 0 aliphatic heterocycles. The number of nitrogens with zero attached hydrogens (tertiary/aromatic N) is 1. The van der Waals surface area contributed by atoms with Crippen molar-refractivity contribution in [3.8, 4) is 0 Å². The van der Waals surface area contributed by atoms with Gasteiger partial charge in [0.2, 0.25) is 10.0 Å². The van der Waals surface area contributed by atoms with Crippen LogP contribution in [0.25, 0.3) is 0 Å². The Balaban J connectivity index is 2.31. The first-order chi connectivity index (χ1) is 8.37. The van der Waals surface area contributed by atoms with E-state index in [2.05, 4.69) is 0 Å². The van der Waals surface area contributed by atoms with E-state index in [0.29, 0.717) is 17.4 Å². The molecule has 5 nitrogen and oxygen atoms in total. The van der Waals surface area contributed by atoms with E-state index >= 15 is 0 Å². The summed E-state index contributed by atoms with van der Waals surface area (Å²) in [6.07, 6.45) is 2.22. The maximum absolute atomic E-state index is 12.5. The number of aryl methyl sites for hydroxylation is 1. The average Bonchev–Trinajstić information content (AvgIpc) is 3.10. The van der Waals surface area contributed by atoms with Crippen LogP contribution in [0.15, 0.2) is 15.4 Å². The fourth-order valence-electron chi connectivity index (χ4n) is 2.13. The molecule has 1 saturated carbocycles. The molecule has 0 bridgehead atoms. The standard InChI is InChI=1S/C12H20N2O3S/c1-8(10-4-5-10)14(3)18(15,16)12-6-11(7-13)17-9(12)2/h6,8,10H,4-5,7,13H2,1-3H3. The number of hydrogen-bond acceptors (Lipinski definition) is 4. The van der Waals surface area contributed by atoms with Crippen molar-refractivity contribution in [3.05, 3.63) is 17.6 Å². The minimum atomic E-state index is -3.48. The van der Waals surface area contributed by atoms with E-state index in [0.717, 1.165) is 12.8 Å². The molecule has 1 unspecified atom stereocenters. The minimum absolute atomic E-state index is 0.0330. The fourth-order valence-corrected chi connectivity index (χ4v) is 3.74. The van der Waals surface area contributed by atoms with Crippen molar-refractivity contribution in [3.63, 3.8) is 0 Å². The Morgan fingerprint density at radius 1 is 1.56 bits per heavy atom. The van der Waals surface area contributed by atoms with Crippen LogP contribution in [-0.4, -0.2) is 25.8 Å². The highest BCUT2D eigenvalue weighted by Gasteiger charge is 2.37. The molecule has 18 heavy (non-hydrogen) atoms. The predicted molar refractivity (Wildman–Crippen MR) is 68.5 cm³/mol. The largest absolute Gasteiger partial charge is 0.464 e. The van der Waals surface area contributed by atoms with Crippen LogP contribution in [0.2, 0.25) is 0 Å². The highest BCUT2D eigenvalue weighted by Crippen LogP contribution is 2.37. The summed E-state index contributed by atoms with van der Waals surface area (Å²) in [5, 5.41) is 0. The van der Waals surface area contributed by atoms with Crippen molar-refractivity contribution >= 4 is 10.0 Å². The molecule has 0 saturated heterocycles. The van der Waals surface area contributed by atoms with E-state index in [1.165, 1.54) is 10.4 Å². The lowest BCUT2D eigenvalue weighted by Crippen LogP contribution is -2.36. The van der Waals surface area contributed by atoms with Gasteiger partial charge < -0.3 is 10.2 Å². The van der Waals surface area contributed by atoms with Crippen LogP contribution in [0.5, 0.6) is 0 Å². The van der Waals surface area contributed by atoms with E-state index in [4.69, 9.17) is 10.2 Å². The van der Waals surface area contributed by atoms with E-state index < -0.39 is 10.0 Å². The Morgan fingerprint density at radius 3 is 2.61 bits per heavy atom. The molecule has 1 atom stereocenters. The van der Waals surface area contributed by atoms with Crippen LogP contribution in [0.3, 0.4) is 0 Å². The first kappa shape index (κ1) is 13.6. The Hall–Kier alpha value is -0.850. The number of sulfonamides is 1. The third-order valence-corrected chi connectivity index (χ3v) is 5.71. The predicted octanol–water partition coefficient (Wildman–Crippen LogP) is 1.47. The van der Waals surface area contributed by atoms with E-state index in [9.17, 15) is 8.42 Å².